The van der Waals surface area contributed by atoms with Crippen LogP contribution in [0.2, 0.25) is 5.02 Å². The van der Waals surface area contributed by atoms with Crippen molar-refractivity contribution in [2.45, 2.75) is 30.2 Å². The summed E-state index contributed by atoms with van der Waals surface area (Å²) < 4.78 is 26.9. The smallest absolute Gasteiger partial charge is 0.243 e. The van der Waals surface area contributed by atoms with Gasteiger partial charge in [0.25, 0.3) is 0 Å². The summed E-state index contributed by atoms with van der Waals surface area (Å²) in [6.07, 6.45) is 3.31. The van der Waals surface area contributed by atoms with E-state index in [0.29, 0.717) is 43.0 Å². The fourth-order valence-corrected chi connectivity index (χ4v) is 6.37. The number of nitrogens with two attached hydrogens (primary N) is 1. The highest BCUT2D eigenvalue weighted by Gasteiger charge is 2.50. The standard InChI is InChI=1S/C18H24ClN3O3S.ClH/c19-14-3-5-15(6-4-14)26(24,25)22-9-7-21(8-10-22)18(23)16-12-1-2-13(11-12)17(16)20;/h3-6,12-13,16-17H,1-2,7-11,20H2;1H. The fourth-order valence-electron chi connectivity index (χ4n) is 4.82. The first-order chi connectivity index (χ1) is 12.4. The zero-order valence-electron chi connectivity index (χ0n) is 15.0. The molecule has 2 aliphatic carbocycles. The van der Waals surface area contributed by atoms with E-state index in [4.69, 9.17) is 17.3 Å². The van der Waals surface area contributed by atoms with E-state index in [-0.39, 0.29) is 35.2 Å². The Balaban J connectivity index is 0.00000210. The Morgan fingerprint density at radius 3 is 2.19 bits per heavy atom. The van der Waals surface area contributed by atoms with Crippen LogP contribution < -0.4 is 5.73 Å². The molecule has 9 heteroatoms. The van der Waals surface area contributed by atoms with Gasteiger partial charge in [-0.25, -0.2) is 8.42 Å². The van der Waals surface area contributed by atoms with Gasteiger partial charge in [-0.3, -0.25) is 4.79 Å². The molecule has 1 aromatic carbocycles. The number of hydrogen-bond acceptors (Lipinski definition) is 4. The summed E-state index contributed by atoms with van der Waals surface area (Å²) in [5, 5.41) is 0.501. The number of fused-ring (bicyclic) bond motifs is 2. The van der Waals surface area contributed by atoms with Gasteiger partial charge < -0.3 is 10.6 Å². The average Bonchev–Trinajstić information content (AvgIpc) is 3.23. The highest BCUT2D eigenvalue weighted by molar-refractivity contribution is 7.89. The molecule has 2 saturated carbocycles. The van der Waals surface area contributed by atoms with Crippen LogP contribution in [0.3, 0.4) is 0 Å². The third-order valence-corrected chi connectivity index (χ3v) is 8.43. The Morgan fingerprint density at radius 1 is 1.04 bits per heavy atom. The van der Waals surface area contributed by atoms with Gasteiger partial charge in [-0.1, -0.05) is 11.6 Å². The molecular weight excluding hydrogens is 409 g/mol. The molecule has 1 aliphatic heterocycles. The van der Waals surface area contributed by atoms with Gasteiger partial charge >= 0.3 is 0 Å². The van der Waals surface area contributed by atoms with Crippen LogP contribution in [0, 0.1) is 17.8 Å². The number of rotatable bonds is 3. The van der Waals surface area contributed by atoms with Crippen molar-refractivity contribution in [2.75, 3.05) is 26.2 Å². The molecule has 1 aromatic rings. The first-order valence-electron chi connectivity index (χ1n) is 9.18. The average molecular weight is 434 g/mol. The first kappa shape index (κ1) is 20.9. The summed E-state index contributed by atoms with van der Waals surface area (Å²) in [6.45, 7) is 1.47. The molecule has 1 saturated heterocycles. The predicted molar refractivity (Wildman–Crippen MR) is 106 cm³/mol. The number of amides is 1. The molecule has 3 aliphatic rings. The van der Waals surface area contributed by atoms with Crippen LogP contribution in [0.1, 0.15) is 19.3 Å². The summed E-state index contributed by atoms with van der Waals surface area (Å²) in [7, 11) is -3.55. The Kier molecular flexibility index (Phi) is 6.08. The van der Waals surface area contributed by atoms with Crippen LogP contribution in [0.4, 0.5) is 0 Å². The van der Waals surface area contributed by atoms with Gasteiger partial charge in [-0.05, 0) is 55.4 Å². The lowest BCUT2D eigenvalue weighted by Gasteiger charge is -2.38. The van der Waals surface area contributed by atoms with Gasteiger partial charge in [-0.15, -0.1) is 12.4 Å². The first-order valence-corrected chi connectivity index (χ1v) is 11.0. The monoisotopic (exact) mass is 433 g/mol. The van der Waals surface area contributed by atoms with Gasteiger partial charge in [0, 0.05) is 37.2 Å². The molecule has 2 N–H and O–H groups in total. The number of nitrogens with zero attached hydrogens (tertiary/aromatic N) is 2. The van der Waals surface area contributed by atoms with Crippen LogP contribution in [0.25, 0.3) is 0 Å². The Hall–Kier alpha value is -0.860. The molecule has 0 spiro atoms. The summed E-state index contributed by atoms with van der Waals surface area (Å²) >= 11 is 5.84. The van der Waals surface area contributed by atoms with Crippen molar-refractivity contribution >= 4 is 39.9 Å². The molecule has 27 heavy (non-hydrogen) atoms. The number of hydrogen-bond donors (Lipinski definition) is 1. The van der Waals surface area contributed by atoms with Crippen LogP contribution in [-0.2, 0) is 14.8 Å². The molecule has 1 heterocycles. The van der Waals surface area contributed by atoms with E-state index < -0.39 is 10.0 Å². The lowest BCUT2D eigenvalue weighted by atomic mass is 9.84. The number of carbonyl (C=O) groups excluding carboxylic acids is 1. The molecule has 150 valence electrons. The Labute approximate surface area is 171 Å². The largest absolute Gasteiger partial charge is 0.340 e. The van der Waals surface area contributed by atoms with E-state index in [9.17, 15) is 13.2 Å². The summed E-state index contributed by atoms with van der Waals surface area (Å²) in [5.74, 6) is 0.945. The van der Waals surface area contributed by atoms with E-state index in [1.165, 1.54) is 16.4 Å². The third-order valence-electron chi connectivity index (χ3n) is 6.27. The molecule has 0 aromatic heterocycles. The molecule has 1 amide bonds. The lowest BCUT2D eigenvalue weighted by Crippen LogP contribution is -2.54. The highest BCUT2D eigenvalue weighted by atomic mass is 35.5. The van der Waals surface area contributed by atoms with E-state index in [2.05, 4.69) is 0 Å². The summed E-state index contributed by atoms with van der Waals surface area (Å²) in [5.41, 5.74) is 6.29. The van der Waals surface area contributed by atoms with Crippen LogP contribution >= 0.6 is 24.0 Å². The predicted octanol–water partition coefficient (Wildman–Crippen LogP) is 1.97. The molecule has 2 bridgehead atoms. The molecule has 0 radical (unpaired) electrons. The maximum absolute atomic E-state index is 12.9. The van der Waals surface area contributed by atoms with Crippen molar-refractivity contribution in [3.8, 4) is 0 Å². The SMILES string of the molecule is Cl.NC1C2CCC(C2)C1C(=O)N1CCN(S(=O)(=O)c2ccc(Cl)cc2)CC1. The van der Waals surface area contributed by atoms with Gasteiger partial charge in [0.05, 0.1) is 10.8 Å². The topological polar surface area (TPSA) is 83.7 Å². The molecule has 4 rings (SSSR count). The normalized spacial score (nSPS) is 31.0. The van der Waals surface area contributed by atoms with E-state index in [0.717, 1.165) is 19.3 Å². The number of carbonyl (C=O) groups is 1. The number of halogens is 2. The fraction of sp³-hybridized carbons (Fsp3) is 0.611. The maximum atomic E-state index is 12.9. The van der Waals surface area contributed by atoms with E-state index in [1.807, 2.05) is 0 Å². The highest BCUT2D eigenvalue weighted by Crippen LogP contribution is 2.48. The van der Waals surface area contributed by atoms with Gasteiger partial charge in [0.15, 0.2) is 0 Å². The van der Waals surface area contributed by atoms with Crippen molar-refractivity contribution < 1.29 is 13.2 Å². The summed E-state index contributed by atoms with van der Waals surface area (Å²) in [4.78, 5) is 15.0. The second kappa shape index (κ2) is 7.87. The Morgan fingerprint density at radius 2 is 1.63 bits per heavy atom. The molecule has 3 fully saturated rings. The lowest BCUT2D eigenvalue weighted by molar-refractivity contribution is -0.139. The van der Waals surface area contributed by atoms with Crippen LogP contribution in [-0.4, -0.2) is 55.8 Å². The van der Waals surface area contributed by atoms with E-state index in [1.54, 1.807) is 17.0 Å². The van der Waals surface area contributed by atoms with Gasteiger partial charge in [0.2, 0.25) is 15.9 Å². The van der Waals surface area contributed by atoms with Crippen molar-refractivity contribution in [3.63, 3.8) is 0 Å². The minimum Gasteiger partial charge on any atom is -0.340 e. The van der Waals surface area contributed by atoms with E-state index >= 15 is 0 Å². The second-order valence-electron chi connectivity index (χ2n) is 7.62. The minimum atomic E-state index is -3.55. The molecule has 6 nitrogen and oxygen atoms in total. The number of sulfonamides is 1. The summed E-state index contributed by atoms with van der Waals surface area (Å²) in [6, 6.07) is 6.15. The number of benzene rings is 1. The van der Waals surface area contributed by atoms with Crippen molar-refractivity contribution in [1.82, 2.24) is 9.21 Å². The second-order valence-corrected chi connectivity index (χ2v) is 9.99. The van der Waals surface area contributed by atoms with Crippen LogP contribution in [0.15, 0.2) is 29.2 Å². The van der Waals surface area contributed by atoms with Crippen LogP contribution in [0.5, 0.6) is 0 Å². The molecule has 4 unspecified atom stereocenters. The zero-order valence-corrected chi connectivity index (χ0v) is 17.3. The number of piperazine rings is 1. The molecule has 4 atom stereocenters. The maximum Gasteiger partial charge on any atom is 0.243 e. The van der Waals surface area contributed by atoms with Gasteiger partial charge in [0.1, 0.15) is 0 Å². The zero-order chi connectivity index (χ0) is 18.5. The molecular formula is C18H25Cl2N3O3S. The Bertz CT molecular complexity index is 793. The third kappa shape index (κ3) is 3.72. The van der Waals surface area contributed by atoms with Crippen molar-refractivity contribution in [2.24, 2.45) is 23.5 Å². The van der Waals surface area contributed by atoms with Gasteiger partial charge in [-0.2, -0.15) is 4.31 Å². The van der Waals surface area contributed by atoms with Crippen molar-refractivity contribution in [3.05, 3.63) is 29.3 Å². The quantitative estimate of drug-likeness (QED) is 0.789. The van der Waals surface area contributed by atoms with Crippen molar-refractivity contribution in [1.29, 1.82) is 0 Å². The minimum absolute atomic E-state index is 0.